The molecule has 0 saturated heterocycles. The predicted octanol–water partition coefficient (Wildman–Crippen LogP) is 2.94. The minimum atomic E-state index is -0.981. The van der Waals surface area contributed by atoms with Crippen LogP contribution < -0.4 is 10.6 Å². The van der Waals surface area contributed by atoms with E-state index < -0.39 is 17.7 Å². The molecule has 1 amide bonds. The SMILES string of the molecule is O=C(Nc1ccc(F)c(F)c1)[C@@H]1Cc2ccccc2N1. The number of benzene rings is 2. The summed E-state index contributed by atoms with van der Waals surface area (Å²) in [5, 5.41) is 5.68. The van der Waals surface area contributed by atoms with E-state index in [-0.39, 0.29) is 11.6 Å². The first-order valence-electron chi connectivity index (χ1n) is 6.24. The highest BCUT2D eigenvalue weighted by Crippen LogP contribution is 2.25. The minimum Gasteiger partial charge on any atom is -0.373 e. The Hall–Kier alpha value is -2.43. The van der Waals surface area contributed by atoms with Gasteiger partial charge in [-0.3, -0.25) is 4.79 Å². The second kappa shape index (κ2) is 4.92. The van der Waals surface area contributed by atoms with Gasteiger partial charge in [0.2, 0.25) is 5.91 Å². The van der Waals surface area contributed by atoms with Gasteiger partial charge in [0.05, 0.1) is 0 Å². The zero-order valence-electron chi connectivity index (χ0n) is 10.5. The van der Waals surface area contributed by atoms with Gasteiger partial charge in [0.15, 0.2) is 11.6 Å². The Morgan fingerprint density at radius 2 is 1.95 bits per heavy atom. The number of para-hydroxylation sites is 1. The van der Waals surface area contributed by atoms with E-state index in [1.165, 1.54) is 6.07 Å². The predicted molar refractivity (Wildman–Crippen MR) is 72.5 cm³/mol. The molecule has 1 heterocycles. The zero-order valence-corrected chi connectivity index (χ0v) is 10.5. The third-order valence-electron chi connectivity index (χ3n) is 3.27. The van der Waals surface area contributed by atoms with Crippen LogP contribution in [0.25, 0.3) is 0 Å². The number of carbonyl (C=O) groups is 1. The van der Waals surface area contributed by atoms with Gasteiger partial charge < -0.3 is 10.6 Å². The zero-order chi connectivity index (χ0) is 14.1. The molecule has 0 aliphatic carbocycles. The first-order valence-corrected chi connectivity index (χ1v) is 6.24. The Kier molecular flexibility index (Phi) is 3.10. The third-order valence-corrected chi connectivity index (χ3v) is 3.27. The van der Waals surface area contributed by atoms with Gasteiger partial charge in [0, 0.05) is 23.9 Å². The molecular weight excluding hydrogens is 262 g/mol. The van der Waals surface area contributed by atoms with Crippen molar-refractivity contribution in [2.75, 3.05) is 10.6 Å². The number of hydrogen-bond acceptors (Lipinski definition) is 2. The van der Waals surface area contributed by atoms with Crippen molar-refractivity contribution in [3.63, 3.8) is 0 Å². The molecule has 0 aromatic heterocycles. The molecule has 1 aliphatic rings. The summed E-state index contributed by atoms with van der Waals surface area (Å²) in [6, 6.07) is 10.5. The topological polar surface area (TPSA) is 41.1 Å². The fourth-order valence-electron chi connectivity index (χ4n) is 2.26. The summed E-state index contributed by atoms with van der Waals surface area (Å²) in [7, 11) is 0. The lowest BCUT2D eigenvalue weighted by Gasteiger charge is -2.12. The van der Waals surface area contributed by atoms with E-state index in [0.29, 0.717) is 6.42 Å². The monoisotopic (exact) mass is 274 g/mol. The number of halogens is 2. The van der Waals surface area contributed by atoms with Crippen molar-refractivity contribution in [3.05, 3.63) is 59.7 Å². The van der Waals surface area contributed by atoms with E-state index in [1.54, 1.807) is 0 Å². The van der Waals surface area contributed by atoms with Crippen LogP contribution in [-0.4, -0.2) is 11.9 Å². The highest BCUT2D eigenvalue weighted by Gasteiger charge is 2.26. The Morgan fingerprint density at radius 3 is 2.70 bits per heavy atom. The Labute approximate surface area is 114 Å². The molecular formula is C15H12F2N2O. The first kappa shape index (κ1) is 12.6. The lowest BCUT2D eigenvalue weighted by Crippen LogP contribution is -2.32. The van der Waals surface area contributed by atoms with Crippen LogP contribution in [0.2, 0.25) is 0 Å². The van der Waals surface area contributed by atoms with E-state index in [2.05, 4.69) is 10.6 Å². The summed E-state index contributed by atoms with van der Waals surface area (Å²) >= 11 is 0. The van der Waals surface area contributed by atoms with Crippen LogP contribution in [0, 0.1) is 11.6 Å². The van der Waals surface area contributed by atoms with E-state index in [0.717, 1.165) is 23.4 Å². The molecule has 3 rings (SSSR count). The Morgan fingerprint density at radius 1 is 1.15 bits per heavy atom. The van der Waals surface area contributed by atoms with Gasteiger partial charge in [-0.2, -0.15) is 0 Å². The quantitative estimate of drug-likeness (QED) is 0.884. The highest BCUT2D eigenvalue weighted by molar-refractivity contribution is 5.98. The number of anilines is 2. The van der Waals surface area contributed by atoms with Gasteiger partial charge >= 0.3 is 0 Å². The average molecular weight is 274 g/mol. The van der Waals surface area contributed by atoms with Crippen LogP contribution in [0.15, 0.2) is 42.5 Å². The molecule has 2 N–H and O–H groups in total. The fraction of sp³-hybridized carbons (Fsp3) is 0.133. The van der Waals surface area contributed by atoms with Crippen LogP contribution in [0.3, 0.4) is 0 Å². The number of hydrogen-bond donors (Lipinski definition) is 2. The lowest BCUT2D eigenvalue weighted by atomic mass is 10.1. The van der Waals surface area contributed by atoms with E-state index >= 15 is 0 Å². The maximum Gasteiger partial charge on any atom is 0.247 e. The summed E-state index contributed by atoms with van der Waals surface area (Å²) in [5.41, 5.74) is 2.24. The van der Waals surface area contributed by atoms with E-state index in [9.17, 15) is 13.6 Å². The van der Waals surface area contributed by atoms with Crippen LogP contribution in [-0.2, 0) is 11.2 Å². The smallest absolute Gasteiger partial charge is 0.247 e. The third kappa shape index (κ3) is 2.34. The van der Waals surface area contributed by atoms with Gasteiger partial charge in [-0.15, -0.1) is 0 Å². The molecule has 2 aromatic carbocycles. The van der Waals surface area contributed by atoms with Crippen LogP contribution in [0.1, 0.15) is 5.56 Å². The molecule has 0 spiro atoms. The normalized spacial score (nSPS) is 16.4. The van der Waals surface area contributed by atoms with Gasteiger partial charge in [0.1, 0.15) is 6.04 Å². The summed E-state index contributed by atoms with van der Waals surface area (Å²) in [6.07, 6.45) is 0.575. The second-order valence-corrected chi connectivity index (χ2v) is 4.68. The summed E-state index contributed by atoms with van der Waals surface area (Å²) in [5.74, 6) is -2.19. The molecule has 5 heteroatoms. The van der Waals surface area contributed by atoms with Gasteiger partial charge in [-0.25, -0.2) is 8.78 Å². The van der Waals surface area contributed by atoms with Crippen molar-refractivity contribution < 1.29 is 13.6 Å². The minimum absolute atomic E-state index is 0.242. The first-order chi connectivity index (χ1) is 9.63. The number of carbonyl (C=O) groups excluding carboxylic acids is 1. The van der Waals surface area contributed by atoms with Gasteiger partial charge in [-0.05, 0) is 23.8 Å². The van der Waals surface area contributed by atoms with Crippen molar-refractivity contribution in [2.24, 2.45) is 0 Å². The molecule has 102 valence electrons. The number of nitrogens with one attached hydrogen (secondary N) is 2. The molecule has 1 atom stereocenters. The number of fused-ring (bicyclic) bond motifs is 1. The molecule has 3 nitrogen and oxygen atoms in total. The Balaban J connectivity index is 1.71. The van der Waals surface area contributed by atoms with E-state index in [1.807, 2.05) is 24.3 Å². The highest BCUT2D eigenvalue weighted by atomic mass is 19.2. The standard InChI is InChI=1S/C15H12F2N2O/c16-11-6-5-10(8-12(11)17)18-15(20)14-7-9-3-1-2-4-13(9)19-14/h1-6,8,14,19H,7H2,(H,18,20)/t14-/m0/s1. The summed E-state index contributed by atoms with van der Waals surface area (Å²) in [6.45, 7) is 0. The Bertz CT molecular complexity index is 648. The van der Waals surface area contributed by atoms with Crippen molar-refractivity contribution in [2.45, 2.75) is 12.5 Å². The largest absolute Gasteiger partial charge is 0.373 e. The number of rotatable bonds is 2. The van der Waals surface area contributed by atoms with Crippen molar-refractivity contribution in [3.8, 4) is 0 Å². The van der Waals surface area contributed by atoms with Gasteiger partial charge in [-0.1, -0.05) is 18.2 Å². The van der Waals surface area contributed by atoms with Crippen molar-refractivity contribution >= 4 is 17.3 Å². The van der Waals surface area contributed by atoms with Crippen molar-refractivity contribution in [1.82, 2.24) is 0 Å². The van der Waals surface area contributed by atoms with E-state index in [4.69, 9.17) is 0 Å². The summed E-state index contributed by atoms with van der Waals surface area (Å²) in [4.78, 5) is 12.1. The fourth-order valence-corrected chi connectivity index (χ4v) is 2.26. The molecule has 20 heavy (non-hydrogen) atoms. The molecule has 0 radical (unpaired) electrons. The molecule has 1 aliphatic heterocycles. The maximum atomic E-state index is 13.1. The summed E-state index contributed by atoms with van der Waals surface area (Å²) < 4.78 is 25.9. The molecule has 0 unspecified atom stereocenters. The molecule has 0 saturated carbocycles. The molecule has 2 aromatic rings. The number of amides is 1. The second-order valence-electron chi connectivity index (χ2n) is 4.68. The van der Waals surface area contributed by atoms with Crippen LogP contribution in [0.5, 0.6) is 0 Å². The lowest BCUT2D eigenvalue weighted by molar-refractivity contribution is -0.116. The van der Waals surface area contributed by atoms with Crippen LogP contribution in [0.4, 0.5) is 20.2 Å². The van der Waals surface area contributed by atoms with Crippen LogP contribution >= 0.6 is 0 Å². The van der Waals surface area contributed by atoms with Crippen molar-refractivity contribution in [1.29, 1.82) is 0 Å². The average Bonchev–Trinajstić information content (AvgIpc) is 2.87. The maximum absolute atomic E-state index is 13.1. The molecule has 0 bridgehead atoms. The molecule has 0 fully saturated rings. The van der Waals surface area contributed by atoms with Gasteiger partial charge in [0.25, 0.3) is 0 Å².